The summed E-state index contributed by atoms with van der Waals surface area (Å²) in [4.78, 5) is 16.5. The van der Waals surface area contributed by atoms with E-state index < -0.39 is 0 Å². The lowest BCUT2D eigenvalue weighted by Gasteiger charge is -2.03. The monoisotopic (exact) mass is 329 g/mol. The fraction of sp³-hybridized carbons (Fsp3) is 0.294. The maximum Gasteiger partial charge on any atom is 0.230 e. The molecule has 1 N–H and O–H groups in total. The predicted molar refractivity (Wildman–Crippen MR) is 93.0 cm³/mol. The molecule has 0 aliphatic carbocycles. The van der Waals surface area contributed by atoms with Gasteiger partial charge in [-0.05, 0) is 18.6 Å². The second kappa shape index (κ2) is 6.93. The van der Waals surface area contributed by atoms with Gasteiger partial charge in [0.25, 0.3) is 0 Å². The number of amides is 1. The number of thiazole rings is 1. The summed E-state index contributed by atoms with van der Waals surface area (Å²) in [6.45, 7) is 3.32. The zero-order chi connectivity index (χ0) is 16.2. The number of carbonyl (C=O) groups excluding carboxylic acids is 1. The number of aryl methyl sites for hydroxylation is 1. The smallest absolute Gasteiger partial charge is 0.230 e. The van der Waals surface area contributed by atoms with Crippen LogP contribution >= 0.6 is 11.3 Å². The van der Waals surface area contributed by atoms with Crippen LogP contribution < -0.4 is 5.32 Å². The van der Waals surface area contributed by atoms with E-state index in [0.717, 1.165) is 28.7 Å². The highest BCUT2D eigenvalue weighted by molar-refractivity contribution is 7.13. The van der Waals surface area contributed by atoms with Crippen LogP contribution in [-0.4, -0.2) is 29.2 Å². The van der Waals surface area contributed by atoms with Gasteiger partial charge in [-0.25, -0.2) is 4.98 Å². The van der Waals surface area contributed by atoms with Crippen molar-refractivity contribution < 1.29 is 9.53 Å². The van der Waals surface area contributed by atoms with E-state index in [1.165, 1.54) is 11.3 Å². The largest absolute Gasteiger partial charge is 0.383 e. The quantitative estimate of drug-likeness (QED) is 0.755. The molecule has 23 heavy (non-hydrogen) atoms. The fourth-order valence-electron chi connectivity index (χ4n) is 2.59. The summed E-state index contributed by atoms with van der Waals surface area (Å²) in [5.41, 5.74) is 3.06. The normalized spacial score (nSPS) is 11.0. The molecule has 3 rings (SSSR count). The number of methoxy groups -OCH3 is 1. The highest BCUT2D eigenvalue weighted by atomic mass is 32.1. The molecule has 0 bridgehead atoms. The summed E-state index contributed by atoms with van der Waals surface area (Å²) in [6.07, 6.45) is 2.37. The van der Waals surface area contributed by atoms with E-state index >= 15 is 0 Å². The molecule has 0 fully saturated rings. The molecule has 1 amide bonds. The number of anilines is 1. The molecular weight excluding hydrogens is 310 g/mol. The van der Waals surface area contributed by atoms with Gasteiger partial charge < -0.3 is 14.6 Å². The first-order valence-electron chi connectivity index (χ1n) is 7.45. The molecule has 0 unspecified atom stereocenters. The summed E-state index contributed by atoms with van der Waals surface area (Å²) in [7, 11) is 1.69. The number of para-hydroxylation sites is 1. The summed E-state index contributed by atoms with van der Waals surface area (Å²) < 4.78 is 7.29. The van der Waals surface area contributed by atoms with Crippen molar-refractivity contribution in [3.63, 3.8) is 0 Å². The second-order valence-corrected chi connectivity index (χ2v) is 6.23. The number of nitrogens with zero attached hydrogens (tertiary/aromatic N) is 2. The molecular formula is C17H19N3O2S. The Labute approximate surface area is 138 Å². The summed E-state index contributed by atoms with van der Waals surface area (Å²) >= 11 is 1.44. The van der Waals surface area contributed by atoms with Crippen molar-refractivity contribution in [1.29, 1.82) is 0 Å². The second-order valence-electron chi connectivity index (χ2n) is 5.38. The van der Waals surface area contributed by atoms with E-state index in [1.807, 2.05) is 30.6 Å². The van der Waals surface area contributed by atoms with Crippen LogP contribution in [-0.2, 0) is 22.5 Å². The van der Waals surface area contributed by atoms with E-state index in [4.69, 9.17) is 4.74 Å². The minimum atomic E-state index is -0.0472. The average Bonchev–Trinajstić information content (AvgIpc) is 3.10. The molecule has 1 aromatic carbocycles. The Balaban J connectivity index is 1.80. The molecule has 0 saturated carbocycles. The molecule has 2 aromatic heterocycles. The molecule has 6 heteroatoms. The molecule has 3 aromatic rings. The van der Waals surface area contributed by atoms with Gasteiger partial charge in [0.05, 0.1) is 18.7 Å². The van der Waals surface area contributed by atoms with Crippen LogP contribution in [0.25, 0.3) is 10.9 Å². The van der Waals surface area contributed by atoms with Gasteiger partial charge in [0, 0.05) is 36.1 Å². The molecule has 0 radical (unpaired) electrons. The first kappa shape index (κ1) is 15.7. The van der Waals surface area contributed by atoms with Gasteiger partial charge in [0.2, 0.25) is 5.91 Å². The highest BCUT2D eigenvalue weighted by Gasteiger charge is 2.12. The lowest BCUT2D eigenvalue weighted by atomic mass is 10.1. The molecule has 120 valence electrons. The van der Waals surface area contributed by atoms with E-state index in [2.05, 4.69) is 27.0 Å². The van der Waals surface area contributed by atoms with Crippen LogP contribution in [0, 0.1) is 6.92 Å². The zero-order valence-electron chi connectivity index (χ0n) is 13.2. The van der Waals surface area contributed by atoms with Gasteiger partial charge in [0.1, 0.15) is 0 Å². The Morgan fingerprint density at radius 1 is 1.39 bits per heavy atom. The highest BCUT2D eigenvalue weighted by Crippen LogP contribution is 2.22. The maximum absolute atomic E-state index is 12.3. The number of hydrogen-bond donors (Lipinski definition) is 1. The van der Waals surface area contributed by atoms with Gasteiger partial charge in [-0.3, -0.25) is 4.79 Å². The third-order valence-corrected chi connectivity index (χ3v) is 4.50. The maximum atomic E-state index is 12.3. The molecule has 0 atom stereocenters. The molecule has 5 nitrogen and oxygen atoms in total. The fourth-order valence-corrected chi connectivity index (χ4v) is 3.29. The van der Waals surface area contributed by atoms with Crippen LogP contribution in [0.4, 0.5) is 5.13 Å². The summed E-state index contributed by atoms with van der Waals surface area (Å²) in [6, 6.07) is 8.12. The number of ether oxygens (including phenoxy) is 1. The van der Waals surface area contributed by atoms with Crippen molar-refractivity contribution in [3.8, 4) is 0 Å². The van der Waals surface area contributed by atoms with Gasteiger partial charge in [-0.15, -0.1) is 11.3 Å². The van der Waals surface area contributed by atoms with Gasteiger partial charge in [0.15, 0.2) is 5.13 Å². The van der Waals surface area contributed by atoms with Crippen LogP contribution in [0.3, 0.4) is 0 Å². The first-order valence-corrected chi connectivity index (χ1v) is 8.33. The Bertz CT molecular complexity index is 822. The van der Waals surface area contributed by atoms with Crippen molar-refractivity contribution in [2.24, 2.45) is 0 Å². The first-order chi connectivity index (χ1) is 11.2. The lowest BCUT2D eigenvalue weighted by molar-refractivity contribution is -0.115. The third-order valence-electron chi connectivity index (χ3n) is 3.62. The SMILES string of the molecule is COCCn1cc(CC(=O)Nc2nc(C)cs2)c2ccccc21. The van der Waals surface area contributed by atoms with E-state index in [9.17, 15) is 4.79 Å². The number of nitrogens with one attached hydrogen (secondary N) is 1. The van der Waals surface area contributed by atoms with Gasteiger partial charge in [-0.1, -0.05) is 18.2 Å². The minimum Gasteiger partial charge on any atom is -0.383 e. The zero-order valence-corrected chi connectivity index (χ0v) is 14.0. The predicted octanol–water partition coefficient (Wildman–Crippen LogP) is 3.23. The molecule has 0 saturated heterocycles. The number of carbonyl (C=O) groups is 1. The lowest BCUT2D eigenvalue weighted by Crippen LogP contribution is -2.14. The van der Waals surface area contributed by atoms with Crippen molar-refractivity contribution in [1.82, 2.24) is 9.55 Å². The van der Waals surface area contributed by atoms with Crippen molar-refractivity contribution in [2.45, 2.75) is 19.9 Å². The van der Waals surface area contributed by atoms with Gasteiger partial charge >= 0.3 is 0 Å². The molecule has 0 aliphatic heterocycles. The topological polar surface area (TPSA) is 56.1 Å². The van der Waals surface area contributed by atoms with Crippen LogP contribution in [0.15, 0.2) is 35.8 Å². The molecule has 2 heterocycles. The van der Waals surface area contributed by atoms with Crippen LogP contribution in [0.1, 0.15) is 11.3 Å². The number of aromatic nitrogens is 2. The van der Waals surface area contributed by atoms with Crippen molar-refractivity contribution in [3.05, 3.63) is 47.1 Å². The van der Waals surface area contributed by atoms with Crippen molar-refractivity contribution in [2.75, 3.05) is 19.0 Å². The Hall–Kier alpha value is -2.18. The van der Waals surface area contributed by atoms with E-state index in [-0.39, 0.29) is 5.91 Å². The van der Waals surface area contributed by atoms with Gasteiger partial charge in [-0.2, -0.15) is 0 Å². The number of hydrogen-bond acceptors (Lipinski definition) is 4. The third kappa shape index (κ3) is 3.60. The Kier molecular flexibility index (Phi) is 4.73. The number of fused-ring (bicyclic) bond motifs is 1. The number of rotatable bonds is 6. The van der Waals surface area contributed by atoms with Crippen LogP contribution in [0.2, 0.25) is 0 Å². The van der Waals surface area contributed by atoms with E-state index in [1.54, 1.807) is 7.11 Å². The summed E-state index contributed by atoms with van der Waals surface area (Å²) in [5.74, 6) is -0.0472. The Morgan fingerprint density at radius 3 is 2.96 bits per heavy atom. The van der Waals surface area contributed by atoms with E-state index in [0.29, 0.717) is 18.2 Å². The Morgan fingerprint density at radius 2 is 2.22 bits per heavy atom. The van der Waals surface area contributed by atoms with Crippen molar-refractivity contribution >= 4 is 33.3 Å². The van der Waals surface area contributed by atoms with Crippen LogP contribution in [0.5, 0.6) is 0 Å². The molecule has 0 aliphatic rings. The minimum absolute atomic E-state index is 0.0472. The standard InChI is InChI=1S/C17H19N3O2S/c1-12-11-23-17(18-12)19-16(21)9-13-10-20(7-8-22-2)15-6-4-3-5-14(13)15/h3-6,10-11H,7-9H2,1-2H3,(H,18,19,21). The molecule has 0 spiro atoms. The average molecular weight is 329 g/mol. The number of benzene rings is 1. The summed E-state index contributed by atoms with van der Waals surface area (Å²) in [5, 5.41) is 6.54.